The third-order valence-electron chi connectivity index (χ3n) is 20.8. The fourth-order valence-corrected chi connectivity index (χ4v) is 14.4. The van der Waals surface area contributed by atoms with Crippen molar-refractivity contribution in [2.75, 3.05) is 184 Å². The molecule has 0 saturated carbocycles. The highest BCUT2D eigenvalue weighted by atomic mass is 32.1. The Labute approximate surface area is 730 Å². The van der Waals surface area contributed by atoms with Crippen LogP contribution in [0.3, 0.4) is 0 Å². The first-order valence-corrected chi connectivity index (χ1v) is 44.2. The summed E-state index contributed by atoms with van der Waals surface area (Å²) in [5, 5.41) is 37.8. The number of esters is 1. The van der Waals surface area contributed by atoms with Crippen molar-refractivity contribution in [2.24, 2.45) is 29.4 Å². The van der Waals surface area contributed by atoms with Crippen LogP contribution in [0.4, 0.5) is 10.5 Å². The van der Waals surface area contributed by atoms with Crippen molar-refractivity contribution in [3.05, 3.63) is 81.8 Å². The Balaban J connectivity index is 0.949. The van der Waals surface area contributed by atoms with Gasteiger partial charge in [0.15, 0.2) is 12.1 Å². The fourth-order valence-electron chi connectivity index (χ4n) is 13.5. The summed E-state index contributed by atoms with van der Waals surface area (Å²) < 4.78 is 72.6. The van der Waals surface area contributed by atoms with Crippen molar-refractivity contribution in [3.63, 3.8) is 0 Å². The number of hydrogen-bond donors (Lipinski definition) is 9. The van der Waals surface area contributed by atoms with Gasteiger partial charge in [0.05, 0.1) is 171 Å². The Morgan fingerprint density at radius 1 is 0.593 bits per heavy atom. The molecule has 10 N–H and O–H groups in total. The largest absolute Gasteiger partial charge is 0.481 e. The maximum atomic E-state index is 14.9. The van der Waals surface area contributed by atoms with Crippen LogP contribution < -0.4 is 37.6 Å². The number of amides is 7. The van der Waals surface area contributed by atoms with Crippen LogP contribution in [0.25, 0.3) is 0 Å². The smallest absolute Gasteiger partial charge is 0.411 e. The number of likely N-dealkylation sites (N-methyl/N-ethyl adjacent to an activating group) is 2. The van der Waals surface area contributed by atoms with Crippen molar-refractivity contribution in [2.45, 2.75) is 201 Å². The molecule has 1 saturated heterocycles. The van der Waals surface area contributed by atoms with Crippen molar-refractivity contribution in [3.8, 4) is 0 Å². The van der Waals surface area contributed by atoms with Gasteiger partial charge >= 0.3 is 24.0 Å². The second-order valence-corrected chi connectivity index (χ2v) is 32.6. The van der Waals surface area contributed by atoms with E-state index in [0.29, 0.717) is 199 Å². The number of aliphatic carboxylic acids is 2. The number of nitrogens with zero attached hydrogens (tertiary/aromatic N) is 3. The number of piperidine rings is 1. The Morgan fingerprint density at radius 3 is 1.62 bits per heavy atom. The van der Waals surface area contributed by atoms with Crippen LogP contribution in [0.2, 0.25) is 0 Å². The number of carboxylic acids is 2. The Bertz CT molecular complexity index is 3500. The summed E-state index contributed by atoms with van der Waals surface area (Å²) in [5.74, 6) is -5.77. The van der Waals surface area contributed by atoms with Gasteiger partial charge in [-0.05, 0) is 93.7 Å². The molecule has 35 nitrogen and oxygen atoms in total. The minimum atomic E-state index is -0.971. The molecule has 1 aromatic heterocycles. The molecular formula is C87H143N10O25S+. The Morgan fingerprint density at radius 2 is 1.12 bits per heavy atom. The third kappa shape index (κ3) is 46.2. The molecule has 123 heavy (non-hydrogen) atoms. The van der Waals surface area contributed by atoms with Gasteiger partial charge in [-0.25, -0.2) is 9.78 Å². The number of rotatable bonds is 70. The summed E-state index contributed by atoms with van der Waals surface area (Å²) in [6.07, 6.45) is 4.18. The molecule has 11 atom stereocenters. The number of ether oxygens (including phenoxy) is 13. The van der Waals surface area contributed by atoms with E-state index in [-0.39, 0.29) is 99.1 Å². The third-order valence-corrected chi connectivity index (χ3v) is 21.7. The van der Waals surface area contributed by atoms with Gasteiger partial charge in [-0.2, -0.15) is 0 Å². The van der Waals surface area contributed by atoms with Gasteiger partial charge < -0.3 is 113 Å². The van der Waals surface area contributed by atoms with Crippen LogP contribution in [0.1, 0.15) is 172 Å². The molecule has 4 rings (SSSR count). The summed E-state index contributed by atoms with van der Waals surface area (Å²) in [7, 11) is 3.77. The monoisotopic (exact) mass is 1760 g/mol. The van der Waals surface area contributed by atoms with Gasteiger partial charge in [-0.1, -0.05) is 97.4 Å². The number of nitrogens with one attached hydrogen (secondary N) is 6. The number of carboxylic acid groups (broad SMARTS) is 2. The second-order valence-electron chi connectivity index (χ2n) is 31.7. The van der Waals surface area contributed by atoms with Crippen LogP contribution in [0, 0.1) is 23.7 Å². The fraction of sp³-hybridized carbons (Fsp3) is 0.713. The molecule has 1 unspecified atom stereocenters. The SMILES string of the molecule is CC[C@H](C)[C@H](NC(=O)[C@H]1CCCC[N+]1(C)Cc1ccc(NC(=O)OCCOCCOCCOCCOCCOCCOCCOCCOCCOCCOCCOCCC(=O)NCCCC[C@H](N)C(=O)N[C@H](C(=O)N[C@@H](C)CCC(=O)O)C(C)C)cc1)C(=O)N(C)[C@H](C[C@@H](OC(C)=O)c1nc(C(=O)N[C@@H](Cc2ccccc2)C[C@H](C)C(=O)O)cs1)C(C)C. The molecule has 696 valence electrons. The van der Waals surface area contributed by atoms with Crippen LogP contribution in [-0.2, 0) is 113 Å². The van der Waals surface area contributed by atoms with Gasteiger partial charge in [0.1, 0.15) is 35.9 Å². The number of carbonyl (C=O) groups excluding carboxylic acids is 8. The molecule has 7 amide bonds. The predicted octanol–water partition coefficient (Wildman–Crippen LogP) is 7.05. The molecule has 0 bridgehead atoms. The number of quaternary nitrogens is 1. The number of aromatic nitrogens is 1. The lowest BCUT2D eigenvalue weighted by molar-refractivity contribution is -0.942. The maximum Gasteiger partial charge on any atom is 0.411 e. The van der Waals surface area contributed by atoms with E-state index in [0.717, 1.165) is 41.9 Å². The molecule has 1 fully saturated rings. The molecule has 1 aliphatic rings. The van der Waals surface area contributed by atoms with Crippen LogP contribution in [0.5, 0.6) is 0 Å². The van der Waals surface area contributed by atoms with Crippen molar-refractivity contribution in [1.82, 2.24) is 36.5 Å². The summed E-state index contributed by atoms with van der Waals surface area (Å²) in [5.41, 5.74) is 8.60. The Kier molecular flexibility index (Phi) is 55.0. The standard InChI is InChI=1S/C87H142N10O25S/c1-12-63(6)79(85(106)96(10)73(61(2)3)58-75(122-66(9)98)84-93-72(60-123-84)81(103)91-70(56-64(7)86(107)108)57-67-20-14-13-15-21-67)95-82(104)74-23-17-19-32-97(74,11)59-68-25-27-69(28-26-68)92-87(109)121-55-54-120-53-52-119-51-50-118-49-48-117-47-46-116-45-44-115-43-42-114-41-40-113-39-38-112-37-36-111-35-34-110-33-30-76(99)89-31-18-16-22-71(88)80(102)94-78(62(4)5)83(105)90-65(8)24-29-77(100)101/h13-15,20-21,25-28,60-65,70-71,73-75,78-79H,12,16-19,22-24,29-59,88H2,1-11H3,(H7-,89,90,91,92,94,95,99,100,101,102,103,104,105,107,108,109)/p+1/t63-,64-,65-,70+,71-,73+,74+,75+,78-,79-,97?/m0/s1. The van der Waals surface area contributed by atoms with Gasteiger partial charge in [-0.15, -0.1) is 11.3 Å². The normalized spacial score (nSPS) is 16.2. The number of unbranched alkanes of at least 4 members (excludes halogenated alkanes) is 1. The number of carbonyl (C=O) groups is 10. The van der Waals surface area contributed by atoms with Crippen molar-refractivity contribution < 1.29 is 124 Å². The first kappa shape index (κ1) is 107. The van der Waals surface area contributed by atoms with E-state index in [4.69, 9.17) is 72.4 Å². The maximum absolute atomic E-state index is 14.9. The van der Waals surface area contributed by atoms with E-state index >= 15 is 0 Å². The van der Waals surface area contributed by atoms with Gasteiger partial charge in [0.25, 0.3) is 11.8 Å². The lowest BCUT2D eigenvalue weighted by Crippen LogP contribution is -2.63. The zero-order valence-corrected chi connectivity index (χ0v) is 75.2. The highest BCUT2D eigenvalue weighted by Crippen LogP contribution is 2.33. The van der Waals surface area contributed by atoms with Crippen LogP contribution in [0.15, 0.2) is 60.0 Å². The molecule has 0 spiro atoms. The van der Waals surface area contributed by atoms with Gasteiger partial charge in [0.2, 0.25) is 23.6 Å². The number of hydrogen-bond acceptors (Lipinski definition) is 26. The number of thiazole rings is 1. The number of nitrogens with two attached hydrogens (primary N) is 1. The minimum absolute atomic E-state index is 0.0323. The highest BCUT2D eigenvalue weighted by molar-refractivity contribution is 7.09. The van der Waals surface area contributed by atoms with Crippen LogP contribution >= 0.6 is 11.3 Å². The minimum Gasteiger partial charge on any atom is -0.481 e. The molecule has 2 aromatic carbocycles. The summed E-state index contributed by atoms with van der Waals surface area (Å²) in [4.78, 5) is 135. The van der Waals surface area contributed by atoms with E-state index in [9.17, 15) is 53.1 Å². The first-order chi connectivity index (χ1) is 59.0. The zero-order valence-electron chi connectivity index (χ0n) is 74.4. The van der Waals surface area contributed by atoms with Crippen LogP contribution in [-0.4, -0.2) is 305 Å². The predicted molar refractivity (Wildman–Crippen MR) is 460 cm³/mol. The molecular weight excluding hydrogens is 1620 g/mol. The molecule has 1 aliphatic heterocycles. The molecule has 2 heterocycles. The van der Waals surface area contributed by atoms with Gasteiger partial charge in [0, 0.05) is 81.0 Å². The zero-order chi connectivity index (χ0) is 90.2. The number of likely N-dealkylation sites (tertiary alicyclic amines) is 1. The van der Waals surface area contributed by atoms with Crippen molar-refractivity contribution in [1.29, 1.82) is 0 Å². The summed E-state index contributed by atoms with van der Waals surface area (Å²) in [6.45, 7) is 26.1. The topological polar surface area (TPSA) is 445 Å². The highest BCUT2D eigenvalue weighted by Gasteiger charge is 2.44. The van der Waals surface area contributed by atoms with E-state index in [1.165, 1.54) is 6.92 Å². The lowest BCUT2D eigenvalue weighted by Gasteiger charge is -2.44. The number of anilines is 1. The average Bonchev–Trinajstić information content (AvgIpc) is 1.07. The summed E-state index contributed by atoms with van der Waals surface area (Å²) in [6, 6.07) is 12.6. The van der Waals surface area contributed by atoms with E-state index in [2.05, 4.69) is 43.9 Å². The van der Waals surface area contributed by atoms with Gasteiger partial charge in [-0.3, -0.25) is 48.5 Å². The lowest BCUT2D eigenvalue weighted by atomic mass is 9.92. The molecule has 0 radical (unpaired) electrons. The van der Waals surface area contributed by atoms with Crippen molar-refractivity contribution >= 4 is 76.5 Å². The average molecular weight is 1760 g/mol. The molecule has 3 aromatic rings. The Hall–Kier alpha value is -7.95. The van der Waals surface area contributed by atoms with E-state index < -0.39 is 90.0 Å². The number of benzene rings is 2. The second kappa shape index (κ2) is 63.0. The quantitative estimate of drug-likeness (QED) is 0.0155. The van der Waals surface area contributed by atoms with E-state index in [1.54, 1.807) is 57.2 Å². The van der Waals surface area contributed by atoms with E-state index in [1.807, 2.05) is 70.2 Å². The summed E-state index contributed by atoms with van der Waals surface area (Å²) >= 11 is 1.15. The first-order valence-electron chi connectivity index (χ1n) is 43.4. The molecule has 0 aliphatic carbocycles. The molecule has 36 heteroatoms.